The summed E-state index contributed by atoms with van der Waals surface area (Å²) in [5, 5.41) is 2.11. The second-order valence-electron chi connectivity index (χ2n) is 4.44. The molecule has 0 radical (unpaired) electrons. The lowest BCUT2D eigenvalue weighted by Gasteiger charge is -2.33. The summed E-state index contributed by atoms with van der Waals surface area (Å²) in [6, 6.07) is 7.73. The Morgan fingerprint density at radius 2 is 2.33 bits per heavy atom. The molecule has 0 bridgehead atoms. The van der Waals surface area contributed by atoms with Crippen molar-refractivity contribution < 1.29 is 4.79 Å². The minimum Gasteiger partial charge on any atom is -0.330 e. The fraction of sp³-hybridized carbons (Fsp3) is 0.286. The zero-order valence-corrected chi connectivity index (χ0v) is 11.0. The second-order valence-corrected chi connectivity index (χ2v) is 5.44. The first-order valence-corrected chi connectivity index (χ1v) is 6.93. The Balaban J connectivity index is 1.89. The van der Waals surface area contributed by atoms with E-state index >= 15 is 0 Å². The predicted molar refractivity (Wildman–Crippen MR) is 71.7 cm³/mol. The summed E-state index contributed by atoms with van der Waals surface area (Å²) in [4.78, 5) is 19.9. The van der Waals surface area contributed by atoms with Gasteiger partial charge in [0.15, 0.2) is 0 Å². The number of rotatable bonds is 1. The Hall–Kier alpha value is -1.68. The molecule has 1 amide bonds. The van der Waals surface area contributed by atoms with E-state index in [4.69, 9.17) is 0 Å². The van der Waals surface area contributed by atoms with Gasteiger partial charge in [0, 0.05) is 17.6 Å². The van der Waals surface area contributed by atoms with Crippen molar-refractivity contribution in [3.8, 4) is 0 Å². The number of thiophene rings is 1. The summed E-state index contributed by atoms with van der Waals surface area (Å²) >= 11 is 1.79. The maximum Gasteiger partial charge on any atom is 0.272 e. The Bertz CT molecular complexity index is 564. The van der Waals surface area contributed by atoms with Gasteiger partial charge in [0.05, 0.1) is 6.04 Å². The number of hydrogen-bond donors (Lipinski definition) is 0. The van der Waals surface area contributed by atoms with Gasteiger partial charge in [-0.3, -0.25) is 9.78 Å². The quantitative estimate of drug-likeness (QED) is 0.788. The Morgan fingerprint density at radius 1 is 1.44 bits per heavy atom. The molecule has 1 atom stereocenters. The van der Waals surface area contributed by atoms with Gasteiger partial charge in [-0.2, -0.15) is 0 Å². The van der Waals surface area contributed by atoms with Crippen LogP contribution in [-0.2, 0) is 6.42 Å². The first-order valence-electron chi connectivity index (χ1n) is 6.05. The molecule has 3 nitrogen and oxygen atoms in total. The predicted octanol–water partition coefficient (Wildman–Crippen LogP) is 2.90. The number of pyridine rings is 1. The zero-order chi connectivity index (χ0) is 12.5. The van der Waals surface area contributed by atoms with Crippen LogP contribution in [0.4, 0.5) is 0 Å². The fourth-order valence-electron chi connectivity index (χ4n) is 2.42. The molecule has 2 aromatic rings. The molecule has 4 heteroatoms. The molecule has 0 saturated heterocycles. The van der Waals surface area contributed by atoms with Crippen LogP contribution < -0.4 is 0 Å². The van der Waals surface area contributed by atoms with Crippen LogP contribution in [-0.4, -0.2) is 22.3 Å². The average molecular weight is 258 g/mol. The van der Waals surface area contributed by atoms with Gasteiger partial charge >= 0.3 is 0 Å². The highest BCUT2D eigenvalue weighted by Gasteiger charge is 2.29. The van der Waals surface area contributed by atoms with E-state index in [-0.39, 0.29) is 11.9 Å². The molecule has 0 fully saturated rings. The average Bonchev–Trinajstić information content (AvgIpc) is 2.89. The molecule has 0 aliphatic carbocycles. The molecule has 92 valence electrons. The molecule has 1 aliphatic rings. The van der Waals surface area contributed by atoms with Gasteiger partial charge in [-0.25, -0.2) is 0 Å². The molecular weight excluding hydrogens is 244 g/mol. The normalized spacial score (nSPS) is 18.5. The van der Waals surface area contributed by atoms with E-state index in [1.54, 1.807) is 23.6 Å². The van der Waals surface area contributed by atoms with Crippen molar-refractivity contribution in [1.29, 1.82) is 0 Å². The van der Waals surface area contributed by atoms with Crippen molar-refractivity contribution >= 4 is 17.2 Å². The van der Waals surface area contributed by atoms with Crippen LogP contribution in [0, 0.1) is 0 Å². The van der Waals surface area contributed by atoms with Gasteiger partial charge in [-0.15, -0.1) is 11.3 Å². The topological polar surface area (TPSA) is 33.2 Å². The SMILES string of the molecule is CC1c2ccsc2CCN1C(=O)c1ccccn1. The first kappa shape index (κ1) is 11.4. The van der Waals surface area contributed by atoms with Crippen LogP contribution in [0.1, 0.15) is 33.9 Å². The van der Waals surface area contributed by atoms with Crippen LogP contribution in [0.5, 0.6) is 0 Å². The molecule has 3 heterocycles. The summed E-state index contributed by atoms with van der Waals surface area (Å²) < 4.78 is 0. The molecule has 0 N–H and O–H groups in total. The number of fused-ring (bicyclic) bond motifs is 1. The minimum absolute atomic E-state index is 0.0277. The van der Waals surface area contributed by atoms with E-state index < -0.39 is 0 Å². The smallest absolute Gasteiger partial charge is 0.272 e. The largest absolute Gasteiger partial charge is 0.330 e. The summed E-state index contributed by atoms with van der Waals surface area (Å²) in [5.41, 5.74) is 1.82. The zero-order valence-electron chi connectivity index (χ0n) is 10.2. The van der Waals surface area contributed by atoms with Crippen LogP contribution in [0.25, 0.3) is 0 Å². The van der Waals surface area contributed by atoms with Gasteiger partial charge in [-0.05, 0) is 42.5 Å². The van der Waals surface area contributed by atoms with Crippen LogP contribution in [0.3, 0.4) is 0 Å². The molecule has 0 spiro atoms. The van der Waals surface area contributed by atoms with E-state index in [0.717, 1.165) is 13.0 Å². The molecule has 18 heavy (non-hydrogen) atoms. The van der Waals surface area contributed by atoms with Crippen molar-refractivity contribution in [2.45, 2.75) is 19.4 Å². The van der Waals surface area contributed by atoms with E-state index in [1.165, 1.54) is 10.4 Å². The van der Waals surface area contributed by atoms with E-state index in [0.29, 0.717) is 5.69 Å². The number of aromatic nitrogens is 1. The van der Waals surface area contributed by atoms with Crippen LogP contribution >= 0.6 is 11.3 Å². The lowest BCUT2D eigenvalue weighted by molar-refractivity contribution is 0.0673. The fourth-order valence-corrected chi connectivity index (χ4v) is 3.39. The number of carbonyl (C=O) groups excluding carboxylic acids is 1. The number of nitrogens with zero attached hydrogens (tertiary/aromatic N) is 2. The van der Waals surface area contributed by atoms with Crippen molar-refractivity contribution in [3.05, 3.63) is 52.0 Å². The van der Waals surface area contributed by atoms with Crippen molar-refractivity contribution in [1.82, 2.24) is 9.88 Å². The highest BCUT2D eigenvalue weighted by Crippen LogP contribution is 2.33. The maximum atomic E-state index is 12.4. The third-order valence-corrected chi connectivity index (χ3v) is 4.42. The minimum atomic E-state index is 0.0277. The second kappa shape index (κ2) is 4.53. The third-order valence-electron chi connectivity index (χ3n) is 3.42. The lowest BCUT2D eigenvalue weighted by atomic mass is 10.0. The highest BCUT2D eigenvalue weighted by molar-refractivity contribution is 7.10. The Labute approximate surface area is 110 Å². The standard InChI is InChI=1S/C14H14N2OS/c1-10-11-6-9-18-13(11)5-8-16(10)14(17)12-4-2-3-7-15-12/h2-4,6-7,9-10H,5,8H2,1H3. The van der Waals surface area contributed by atoms with Gasteiger partial charge in [0.25, 0.3) is 5.91 Å². The summed E-state index contributed by atoms with van der Waals surface area (Å²) in [6.45, 7) is 2.87. The van der Waals surface area contributed by atoms with E-state index in [2.05, 4.69) is 23.4 Å². The summed E-state index contributed by atoms with van der Waals surface area (Å²) in [6.07, 6.45) is 2.62. The highest BCUT2D eigenvalue weighted by atomic mass is 32.1. The Kier molecular flexibility index (Phi) is 2.88. The number of carbonyl (C=O) groups is 1. The Morgan fingerprint density at radius 3 is 3.11 bits per heavy atom. The summed E-state index contributed by atoms with van der Waals surface area (Å²) in [5.74, 6) is 0.0277. The molecule has 0 aromatic carbocycles. The van der Waals surface area contributed by atoms with E-state index in [9.17, 15) is 4.79 Å². The maximum absolute atomic E-state index is 12.4. The first-order chi connectivity index (χ1) is 8.77. The van der Waals surface area contributed by atoms with Crippen molar-refractivity contribution in [2.24, 2.45) is 0 Å². The third kappa shape index (κ3) is 1.82. The molecule has 0 saturated carbocycles. The van der Waals surface area contributed by atoms with E-state index in [1.807, 2.05) is 17.0 Å². The summed E-state index contributed by atoms with van der Waals surface area (Å²) in [7, 11) is 0. The molecule has 1 aliphatic heterocycles. The molecule has 3 rings (SSSR count). The molecule has 2 aromatic heterocycles. The van der Waals surface area contributed by atoms with Gasteiger partial charge in [-0.1, -0.05) is 6.07 Å². The molecular formula is C14H14N2OS. The molecule has 1 unspecified atom stereocenters. The van der Waals surface area contributed by atoms with Crippen LogP contribution in [0.15, 0.2) is 35.8 Å². The van der Waals surface area contributed by atoms with Gasteiger partial charge in [0.1, 0.15) is 5.69 Å². The van der Waals surface area contributed by atoms with Crippen LogP contribution in [0.2, 0.25) is 0 Å². The van der Waals surface area contributed by atoms with Crippen molar-refractivity contribution in [2.75, 3.05) is 6.54 Å². The number of amides is 1. The van der Waals surface area contributed by atoms with Gasteiger partial charge < -0.3 is 4.90 Å². The number of hydrogen-bond acceptors (Lipinski definition) is 3. The lowest BCUT2D eigenvalue weighted by Crippen LogP contribution is -2.38. The van der Waals surface area contributed by atoms with Gasteiger partial charge in [0.2, 0.25) is 0 Å². The monoisotopic (exact) mass is 258 g/mol. The van der Waals surface area contributed by atoms with Crippen molar-refractivity contribution in [3.63, 3.8) is 0 Å².